The number of piperazine rings is 1. The van der Waals surface area contributed by atoms with Crippen LogP contribution >= 0.6 is 11.3 Å². The molecule has 47 heavy (non-hydrogen) atoms. The molecule has 256 valence electrons. The summed E-state index contributed by atoms with van der Waals surface area (Å²) in [5.41, 5.74) is 4.78. The first-order valence-electron chi connectivity index (χ1n) is 17.5. The third kappa shape index (κ3) is 8.10. The first kappa shape index (κ1) is 33.7. The van der Waals surface area contributed by atoms with Crippen molar-refractivity contribution in [1.82, 2.24) is 30.0 Å². The molecule has 0 radical (unpaired) electrons. The highest BCUT2D eigenvalue weighted by Gasteiger charge is 2.35. The number of carbonyl (C=O) groups is 3. The van der Waals surface area contributed by atoms with Crippen molar-refractivity contribution in [2.24, 2.45) is 0 Å². The second kappa shape index (κ2) is 15.4. The van der Waals surface area contributed by atoms with Crippen LogP contribution in [0.2, 0.25) is 0 Å². The largest absolute Gasteiger partial charge is 0.426 e. The van der Waals surface area contributed by atoms with Crippen LogP contribution in [0, 0.1) is 0 Å². The highest BCUT2D eigenvalue weighted by molar-refractivity contribution is 7.14. The lowest BCUT2D eigenvalue weighted by Gasteiger charge is -2.42. The molecule has 11 nitrogen and oxygen atoms in total. The summed E-state index contributed by atoms with van der Waals surface area (Å²) in [5.74, 6) is -0.0507. The van der Waals surface area contributed by atoms with Gasteiger partial charge in [-0.2, -0.15) is 0 Å². The number of likely N-dealkylation sites (tertiary alicyclic amines) is 1. The Balaban J connectivity index is 1.06. The molecular weight excluding hydrogens is 614 g/mol. The number of benzene rings is 1. The van der Waals surface area contributed by atoms with E-state index in [-0.39, 0.29) is 18.0 Å². The number of hydroxylamine groups is 2. The number of anilines is 1. The maximum absolute atomic E-state index is 14.0. The molecule has 0 aliphatic carbocycles. The van der Waals surface area contributed by atoms with Gasteiger partial charge in [0, 0.05) is 63.3 Å². The number of piperidine rings is 2. The van der Waals surface area contributed by atoms with Crippen molar-refractivity contribution in [3.63, 3.8) is 0 Å². The summed E-state index contributed by atoms with van der Waals surface area (Å²) >= 11 is 1.55. The lowest BCUT2D eigenvalue weighted by molar-refractivity contribution is -0.138. The molecule has 4 aliphatic rings. The van der Waals surface area contributed by atoms with Gasteiger partial charge < -0.3 is 24.9 Å². The zero-order valence-electron chi connectivity index (χ0n) is 28.2. The van der Waals surface area contributed by atoms with Crippen LogP contribution in [0.3, 0.4) is 0 Å². The Morgan fingerprint density at radius 2 is 1.64 bits per heavy atom. The van der Waals surface area contributed by atoms with Gasteiger partial charge in [-0.3, -0.25) is 15.0 Å². The molecule has 0 spiro atoms. The van der Waals surface area contributed by atoms with Crippen LogP contribution in [0.4, 0.5) is 14.6 Å². The van der Waals surface area contributed by atoms with Crippen molar-refractivity contribution < 1.29 is 19.2 Å². The van der Waals surface area contributed by atoms with E-state index in [2.05, 4.69) is 65.6 Å². The summed E-state index contributed by atoms with van der Waals surface area (Å²) in [7, 11) is 2.18. The number of nitrogens with zero attached hydrogens (tertiary/aromatic N) is 5. The fraction of sp³-hybridized carbons (Fsp3) is 0.629. The van der Waals surface area contributed by atoms with E-state index in [1.54, 1.807) is 16.4 Å². The quantitative estimate of drug-likeness (QED) is 0.415. The van der Waals surface area contributed by atoms with E-state index < -0.39 is 12.1 Å². The SMILES string of the molecule is CCc1ccc(C[C@@H](NC(=O)ON2CCC(N3Cc4ccsc4NC3=O)CC2)C(=O)N2CCN(C3CCN(C)CC3)CC2)cc1CC. The summed E-state index contributed by atoms with van der Waals surface area (Å²) in [5, 5.41) is 10.6. The van der Waals surface area contributed by atoms with Crippen molar-refractivity contribution in [1.29, 1.82) is 0 Å². The van der Waals surface area contributed by atoms with Gasteiger partial charge in [0.25, 0.3) is 0 Å². The minimum atomic E-state index is -0.719. The zero-order valence-corrected chi connectivity index (χ0v) is 29.0. The van der Waals surface area contributed by atoms with Gasteiger partial charge in [-0.15, -0.1) is 16.4 Å². The van der Waals surface area contributed by atoms with E-state index in [9.17, 15) is 14.4 Å². The van der Waals surface area contributed by atoms with Crippen molar-refractivity contribution in [3.05, 3.63) is 51.9 Å². The van der Waals surface area contributed by atoms with Gasteiger partial charge in [-0.1, -0.05) is 32.0 Å². The first-order chi connectivity index (χ1) is 22.8. The van der Waals surface area contributed by atoms with Crippen LogP contribution in [-0.4, -0.2) is 120 Å². The van der Waals surface area contributed by atoms with Gasteiger partial charge in [0.05, 0.1) is 6.54 Å². The number of aryl methyl sites for hydroxylation is 2. The molecule has 1 aromatic carbocycles. The highest BCUT2D eigenvalue weighted by atomic mass is 32.1. The van der Waals surface area contributed by atoms with Crippen LogP contribution < -0.4 is 10.6 Å². The third-order valence-electron chi connectivity index (χ3n) is 10.5. The lowest BCUT2D eigenvalue weighted by atomic mass is 9.96. The highest BCUT2D eigenvalue weighted by Crippen LogP contribution is 2.31. The molecular formula is C35H51N7O4S. The Morgan fingerprint density at radius 3 is 2.34 bits per heavy atom. The second-order valence-electron chi connectivity index (χ2n) is 13.5. The number of fused-ring (bicyclic) bond motifs is 1. The maximum atomic E-state index is 14.0. The van der Waals surface area contributed by atoms with Gasteiger partial charge in [0.1, 0.15) is 11.0 Å². The first-order valence-corrected chi connectivity index (χ1v) is 18.4. The molecule has 1 atom stereocenters. The van der Waals surface area contributed by atoms with Gasteiger partial charge >= 0.3 is 12.1 Å². The van der Waals surface area contributed by atoms with Gasteiger partial charge in [0.15, 0.2) is 0 Å². The molecule has 0 saturated carbocycles. The fourth-order valence-electron chi connectivity index (χ4n) is 7.62. The van der Waals surface area contributed by atoms with E-state index in [1.807, 2.05) is 15.2 Å². The Bertz CT molecular complexity index is 1390. The van der Waals surface area contributed by atoms with Crippen molar-refractivity contribution in [3.8, 4) is 0 Å². The van der Waals surface area contributed by atoms with E-state index in [0.717, 1.165) is 55.1 Å². The molecule has 3 saturated heterocycles. The standard InChI is InChI=1S/C35H51N7O4S/c1-4-26-7-6-25(22-27(26)5-2)23-31(33(43)40-19-17-39(18-20-40)29-8-13-38(3)14-9-29)36-35(45)46-41-15-10-30(11-16-41)42-24-28-12-21-47-32(28)37-34(42)44/h6-7,12,21-22,29-31H,4-5,8-11,13-20,23-24H2,1-3H3,(H,36,45)(H,37,44)/t31-/m1/s1. The molecule has 0 bridgehead atoms. The summed E-state index contributed by atoms with van der Waals surface area (Å²) in [6.45, 7) is 11.3. The van der Waals surface area contributed by atoms with Gasteiger partial charge in [-0.25, -0.2) is 9.59 Å². The molecule has 12 heteroatoms. The monoisotopic (exact) mass is 665 g/mol. The summed E-state index contributed by atoms with van der Waals surface area (Å²) < 4.78 is 0. The molecule has 3 fully saturated rings. The maximum Gasteiger partial charge on any atom is 0.426 e. The summed E-state index contributed by atoms with van der Waals surface area (Å²) in [6, 6.07) is 8.36. The average Bonchev–Trinajstić information content (AvgIpc) is 3.55. The topological polar surface area (TPSA) is 101 Å². The molecule has 1 aromatic heterocycles. The number of amides is 4. The Kier molecular flexibility index (Phi) is 11.0. The molecule has 0 unspecified atom stereocenters. The van der Waals surface area contributed by atoms with E-state index in [0.29, 0.717) is 58.0 Å². The van der Waals surface area contributed by atoms with E-state index >= 15 is 0 Å². The Labute approximate surface area is 283 Å². The minimum Gasteiger partial charge on any atom is -0.351 e. The smallest absolute Gasteiger partial charge is 0.351 e. The van der Waals surface area contributed by atoms with Crippen LogP contribution in [0.5, 0.6) is 0 Å². The Morgan fingerprint density at radius 1 is 0.936 bits per heavy atom. The minimum absolute atomic E-state index is 0.0507. The molecule has 4 aliphatic heterocycles. The molecule has 5 heterocycles. The molecule has 2 aromatic rings. The van der Waals surface area contributed by atoms with Crippen molar-refractivity contribution in [2.45, 2.75) is 83.5 Å². The molecule has 2 N–H and O–H groups in total. The number of hydrogen-bond donors (Lipinski definition) is 2. The fourth-order valence-corrected chi connectivity index (χ4v) is 8.42. The molecule has 6 rings (SSSR count). The number of thiophene rings is 1. The third-order valence-corrected chi connectivity index (χ3v) is 11.4. The van der Waals surface area contributed by atoms with Crippen LogP contribution in [0.15, 0.2) is 29.6 Å². The van der Waals surface area contributed by atoms with Crippen LogP contribution in [0.1, 0.15) is 61.8 Å². The number of hydrogen-bond acceptors (Lipinski definition) is 8. The molecule has 4 amide bonds. The normalized spacial score (nSPS) is 21.3. The Hall–Kier alpha value is -3.19. The van der Waals surface area contributed by atoms with E-state index in [1.165, 1.54) is 24.0 Å². The second-order valence-corrected chi connectivity index (χ2v) is 14.4. The number of nitrogens with one attached hydrogen (secondary N) is 2. The number of carbonyl (C=O) groups excluding carboxylic acids is 3. The number of urea groups is 1. The summed E-state index contributed by atoms with van der Waals surface area (Å²) in [4.78, 5) is 54.6. The van der Waals surface area contributed by atoms with Crippen molar-refractivity contribution in [2.75, 3.05) is 64.7 Å². The predicted molar refractivity (Wildman–Crippen MR) is 184 cm³/mol. The number of rotatable bonds is 9. The van der Waals surface area contributed by atoms with Crippen molar-refractivity contribution >= 4 is 34.4 Å². The predicted octanol–water partition coefficient (Wildman–Crippen LogP) is 4.18. The summed E-state index contributed by atoms with van der Waals surface area (Å²) in [6.07, 6.45) is 5.45. The van der Waals surface area contributed by atoms with Crippen LogP contribution in [0.25, 0.3) is 0 Å². The average molecular weight is 666 g/mol. The van der Waals surface area contributed by atoms with E-state index in [4.69, 9.17) is 4.84 Å². The van der Waals surface area contributed by atoms with Crippen LogP contribution in [-0.2, 0) is 35.4 Å². The van der Waals surface area contributed by atoms with Gasteiger partial charge in [-0.05, 0) is 86.8 Å². The lowest BCUT2D eigenvalue weighted by Crippen LogP contribution is -2.58. The zero-order chi connectivity index (χ0) is 32.9. The van der Waals surface area contributed by atoms with Gasteiger partial charge in [0.2, 0.25) is 5.91 Å².